The lowest BCUT2D eigenvalue weighted by molar-refractivity contribution is -0.121. The molecule has 0 saturated heterocycles. The first-order valence-electron chi connectivity index (χ1n) is 14.4. The van der Waals surface area contributed by atoms with Crippen molar-refractivity contribution < 1.29 is 9.53 Å². The number of hydrogen-bond donors (Lipinski definition) is 1. The lowest BCUT2D eigenvalue weighted by Gasteiger charge is -2.22. The molecule has 0 saturated carbocycles. The van der Waals surface area contributed by atoms with E-state index in [1.165, 1.54) is 16.5 Å². The molecular weight excluding hydrogens is 482 g/mol. The van der Waals surface area contributed by atoms with E-state index < -0.39 is 0 Å². The topological polar surface area (TPSA) is 46.5 Å². The predicted octanol–water partition coefficient (Wildman–Crippen LogP) is 7.60. The number of carbonyl (C=O) groups excluding carboxylic acids is 1. The summed E-state index contributed by atoms with van der Waals surface area (Å²) in [6.07, 6.45) is 4.66. The molecule has 3 aromatic carbocycles. The minimum atomic E-state index is -0.0927. The Balaban J connectivity index is 1.58. The fraction of sp³-hybridized carbons (Fsp3) is 0.382. The standard InChI is InChI=1S/C34H43N3O2/c1-5-36(6-2)22-14-15-26(4)35-34(38)24-31(32-25-37(7-3)33-21-12-11-20-30(32)33)27-16-13-19-29(23-27)39-28-17-9-8-10-18-28/h8-13,16-21,23,25-26,31H,5-7,14-15,22,24H2,1-4H3,(H,35,38)/t26-,31+/m1/s1. The van der Waals surface area contributed by atoms with Crippen LogP contribution in [-0.2, 0) is 11.3 Å². The van der Waals surface area contributed by atoms with E-state index in [1.54, 1.807) is 0 Å². The Hall–Kier alpha value is -3.57. The summed E-state index contributed by atoms with van der Waals surface area (Å²) in [6.45, 7) is 12.8. The second kappa shape index (κ2) is 14.0. The molecule has 0 radical (unpaired) electrons. The van der Waals surface area contributed by atoms with Gasteiger partial charge in [0.1, 0.15) is 11.5 Å². The van der Waals surface area contributed by atoms with Crippen molar-refractivity contribution in [2.75, 3.05) is 19.6 Å². The fourth-order valence-corrected chi connectivity index (χ4v) is 5.39. The number of ether oxygens (including phenoxy) is 1. The first-order valence-corrected chi connectivity index (χ1v) is 14.4. The van der Waals surface area contributed by atoms with E-state index in [2.05, 4.69) is 85.1 Å². The van der Waals surface area contributed by atoms with Crippen molar-refractivity contribution in [1.29, 1.82) is 0 Å². The summed E-state index contributed by atoms with van der Waals surface area (Å²) in [5.74, 6) is 1.56. The maximum Gasteiger partial charge on any atom is 0.221 e. The van der Waals surface area contributed by atoms with Gasteiger partial charge in [-0.25, -0.2) is 0 Å². The van der Waals surface area contributed by atoms with E-state index in [0.29, 0.717) is 6.42 Å². The van der Waals surface area contributed by atoms with E-state index in [0.717, 1.165) is 56.1 Å². The maximum atomic E-state index is 13.4. The van der Waals surface area contributed by atoms with Gasteiger partial charge >= 0.3 is 0 Å². The Bertz CT molecular complexity index is 1330. The molecule has 2 atom stereocenters. The van der Waals surface area contributed by atoms with Crippen LogP contribution in [0.1, 0.15) is 64.0 Å². The fourth-order valence-electron chi connectivity index (χ4n) is 5.39. The number of aryl methyl sites for hydroxylation is 1. The maximum absolute atomic E-state index is 13.4. The Morgan fingerprint density at radius 1 is 0.923 bits per heavy atom. The Morgan fingerprint density at radius 3 is 2.38 bits per heavy atom. The zero-order chi connectivity index (χ0) is 27.6. The van der Waals surface area contributed by atoms with Crippen LogP contribution >= 0.6 is 0 Å². The van der Waals surface area contributed by atoms with Gasteiger partial charge in [0.15, 0.2) is 0 Å². The van der Waals surface area contributed by atoms with Crippen molar-refractivity contribution in [2.45, 2.75) is 65.5 Å². The second-order valence-corrected chi connectivity index (χ2v) is 10.3. The zero-order valence-electron chi connectivity index (χ0n) is 23.9. The molecule has 1 amide bonds. The lowest BCUT2D eigenvalue weighted by atomic mass is 9.87. The zero-order valence-corrected chi connectivity index (χ0v) is 23.9. The van der Waals surface area contributed by atoms with Crippen LogP contribution in [0.5, 0.6) is 11.5 Å². The molecule has 0 fully saturated rings. The van der Waals surface area contributed by atoms with Crippen molar-refractivity contribution in [3.63, 3.8) is 0 Å². The normalized spacial score (nSPS) is 12.9. The van der Waals surface area contributed by atoms with Crippen LogP contribution in [0.4, 0.5) is 0 Å². The number of nitrogens with zero attached hydrogens (tertiary/aromatic N) is 2. The summed E-state index contributed by atoms with van der Waals surface area (Å²) >= 11 is 0. The van der Waals surface area contributed by atoms with Gasteiger partial charge in [-0.3, -0.25) is 4.79 Å². The van der Waals surface area contributed by atoms with Gasteiger partial charge in [-0.2, -0.15) is 0 Å². The molecule has 4 aromatic rings. The molecule has 0 spiro atoms. The average Bonchev–Trinajstić information content (AvgIpc) is 3.33. The smallest absolute Gasteiger partial charge is 0.221 e. The Labute approximate surface area is 233 Å². The summed E-state index contributed by atoms with van der Waals surface area (Å²) in [7, 11) is 0. The first kappa shape index (κ1) is 28.4. The molecule has 5 heteroatoms. The molecule has 206 valence electrons. The van der Waals surface area contributed by atoms with Crippen LogP contribution in [0.15, 0.2) is 85.1 Å². The largest absolute Gasteiger partial charge is 0.457 e. The minimum Gasteiger partial charge on any atom is -0.457 e. The van der Waals surface area contributed by atoms with Crippen LogP contribution in [0, 0.1) is 0 Å². The highest BCUT2D eigenvalue weighted by Gasteiger charge is 2.24. The van der Waals surface area contributed by atoms with Gasteiger partial charge in [0, 0.05) is 42.0 Å². The number of fused-ring (bicyclic) bond motifs is 1. The average molecular weight is 526 g/mol. The van der Waals surface area contributed by atoms with Crippen LogP contribution < -0.4 is 10.1 Å². The van der Waals surface area contributed by atoms with Gasteiger partial charge < -0.3 is 19.5 Å². The van der Waals surface area contributed by atoms with E-state index in [1.807, 2.05) is 42.5 Å². The second-order valence-electron chi connectivity index (χ2n) is 10.3. The van der Waals surface area contributed by atoms with Crippen LogP contribution in [0.25, 0.3) is 10.9 Å². The van der Waals surface area contributed by atoms with E-state index in [-0.39, 0.29) is 17.9 Å². The third-order valence-electron chi connectivity index (χ3n) is 7.58. The Kier molecular flexibility index (Phi) is 10.2. The predicted molar refractivity (Wildman–Crippen MR) is 162 cm³/mol. The van der Waals surface area contributed by atoms with Gasteiger partial charge in [-0.15, -0.1) is 0 Å². The molecule has 0 unspecified atom stereocenters. The molecule has 0 bridgehead atoms. The van der Waals surface area contributed by atoms with E-state index in [9.17, 15) is 4.79 Å². The molecule has 0 aliphatic carbocycles. The van der Waals surface area contributed by atoms with E-state index >= 15 is 0 Å². The monoisotopic (exact) mass is 525 g/mol. The highest BCUT2D eigenvalue weighted by Crippen LogP contribution is 2.36. The molecule has 1 aromatic heterocycles. The van der Waals surface area contributed by atoms with Gasteiger partial charge in [0.2, 0.25) is 5.91 Å². The van der Waals surface area contributed by atoms with Gasteiger partial charge in [0.05, 0.1) is 0 Å². The summed E-state index contributed by atoms with van der Waals surface area (Å²) in [6, 6.07) is 26.6. The van der Waals surface area contributed by atoms with Gasteiger partial charge in [-0.05, 0) is 87.8 Å². The van der Waals surface area contributed by atoms with Crippen molar-refractivity contribution >= 4 is 16.8 Å². The molecule has 39 heavy (non-hydrogen) atoms. The first-order chi connectivity index (χ1) is 19.0. The van der Waals surface area contributed by atoms with Gasteiger partial charge in [-0.1, -0.05) is 62.4 Å². The third kappa shape index (κ3) is 7.51. The number of amides is 1. The summed E-state index contributed by atoms with van der Waals surface area (Å²) in [5, 5.41) is 4.48. The lowest BCUT2D eigenvalue weighted by Crippen LogP contribution is -2.34. The van der Waals surface area contributed by atoms with E-state index in [4.69, 9.17) is 4.74 Å². The number of carbonyl (C=O) groups is 1. The molecule has 1 heterocycles. The number of benzene rings is 3. The molecule has 4 rings (SSSR count). The van der Waals surface area contributed by atoms with Crippen molar-refractivity contribution in [1.82, 2.24) is 14.8 Å². The summed E-state index contributed by atoms with van der Waals surface area (Å²) < 4.78 is 8.43. The SMILES string of the molecule is CCN(CC)CCC[C@@H](C)NC(=O)C[C@@H](c1cccc(Oc2ccccc2)c1)c1cn(CC)c2ccccc12. The number of hydrogen-bond acceptors (Lipinski definition) is 3. The van der Waals surface area contributed by atoms with Crippen LogP contribution in [0.3, 0.4) is 0 Å². The van der Waals surface area contributed by atoms with Crippen molar-refractivity contribution in [3.05, 3.63) is 96.2 Å². The summed E-state index contributed by atoms with van der Waals surface area (Å²) in [4.78, 5) is 15.9. The number of rotatable bonds is 14. The molecule has 1 N–H and O–H groups in total. The molecule has 5 nitrogen and oxygen atoms in total. The molecule has 0 aliphatic rings. The van der Waals surface area contributed by atoms with Crippen LogP contribution in [0.2, 0.25) is 0 Å². The minimum absolute atomic E-state index is 0.0815. The summed E-state index contributed by atoms with van der Waals surface area (Å²) in [5.41, 5.74) is 3.45. The van der Waals surface area contributed by atoms with Crippen LogP contribution in [-0.4, -0.2) is 41.1 Å². The van der Waals surface area contributed by atoms with Crippen molar-refractivity contribution in [3.8, 4) is 11.5 Å². The quantitative estimate of drug-likeness (QED) is 0.184. The number of para-hydroxylation sites is 2. The molecular formula is C34H43N3O2. The number of nitrogens with one attached hydrogen (secondary N) is 1. The molecule has 0 aliphatic heterocycles. The highest BCUT2D eigenvalue weighted by molar-refractivity contribution is 5.86. The number of aromatic nitrogens is 1. The van der Waals surface area contributed by atoms with Crippen molar-refractivity contribution in [2.24, 2.45) is 0 Å². The van der Waals surface area contributed by atoms with Gasteiger partial charge in [0.25, 0.3) is 0 Å². The highest BCUT2D eigenvalue weighted by atomic mass is 16.5. The Morgan fingerprint density at radius 2 is 1.64 bits per heavy atom. The third-order valence-corrected chi connectivity index (χ3v) is 7.58.